The molecule has 0 saturated heterocycles. The van der Waals surface area contributed by atoms with Crippen LogP contribution in [-0.4, -0.2) is 17.9 Å². The summed E-state index contributed by atoms with van der Waals surface area (Å²) in [5.41, 5.74) is 1.67. The van der Waals surface area contributed by atoms with Crippen LogP contribution in [0.4, 0.5) is 0 Å². The largest absolute Gasteiger partial charge is 0.393 e. The Morgan fingerprint density at radius 3 is 2.62 bits per heavy atom. The summed E-state index contributed by atoms with van der Waals surface area (Å²) in [6.45, 7) is 3.88. The zero-order chi connectivity index (χ0) is 6.41. The third kappa shape index (κ3) is 5.82. The van der Waals surface area contributed by atoms with Crippen LogP contribution in [0.5, 0.6) is 0 Å². The van der Waals surface area contributed by atoms with Crippen LogP contribution in [0.2, 0.25) is 0 Å². The minimum Gasteiger partial charge on any atom is -0.393 e. The number of rotatable bonds is 3. The fourth-order valence-corrected chi connectivity index (χ4v) is 0.325. The Bertz CT molecular complexity index is 72.8. The van der Waals surface area contributed by atoms with Gasteiger partial charge in [0.25, 0.3) is 0 Å². The second-order valence-corrected chi connectivity index (χ2v) is 2.28. The van der Waals surface area contributed by atoms with E-state index >= 15 is 0 Å². The van der Waals surface area contributed by atoms with Crippen molar-refractivity contribution >= 4 is 17.3 Å². The Kier molecular flexibility index (Phi) is 4.85. The van der Waals surface area contributed by atoms with Gasteiger partial charge in [0, 0.05) is 0 Å². The zero-order valence-corrected chi connectivity index (χ0v) is 6.23. The van der Waals surface area contributed by atoms with Gasteiger partial charge in [-0.05, 0) is 20.1 Å². The summed E-state index contributed by atoms with van der Waals surface area (Å²) >= 11 is 1.53. The highest BCUT2D eigenvalue weighted by molar-refractivity contribution is 8.11. The summed E-state index contributed by atoms with van der Waals surface area (Å²) in [4.78, 5) is 4.83. The van der Waals surface area contributed by atoms with E-state index in [1.165, 1.54) is 11.8 Å². The van der Waals surface area contributed by atoms with Crippen molar-refractivity contribution in [2.45, 2.75) is 20.0 Å². The normalized spacial score (nSPS) is 11.0. The Morgan fingerprint density at radius 1 is 1.62 bits per heavy atom. The van der Waals surface area contributed by atoms with Gasteiger partial charge in [0.2, 0.25) is 0 Å². The minimum absolute atomic E-state index is 0.193. The second-order valence-electron chi connectivity index (χ2n) is 1.60. The summed E-state index contributed by atoms with van der Waals surface area (Å²) in [7, 11) is 0. The Hall–Kier alpha value is -0.180. The van der Waals surface area contributed by atoms with Crippen LogP contribution in [-0.2, 0) is 4.84 Å². The predicted molar refractivity (Wildman–Crippen MR) is 38.2 cm³/mol. The SMILES string of the molecule is CS/C=N/OC(C)C. The Morgan fingerprint density at radius 2 is 2.25 bits per heavy atom. The highest BCUT2D eigenvalue weighted by Gasteiger charge is 1.84. The average Bonchev–Trinajstić information content (AvgIpc) is 1.66. The van der Waals surface area contributed by atoms with Crippen molar-refractivity contribution in [3.05, 3.63) is 0 Å². The smallest absolute Gasteiger partial charge is 0.122 e. The molecule has 0 aromatic heterocycles. The van der Waals surface area contributed by atoms with E-state index in [0.717, 1.165) is 0 Å². The van der Waals surface area contributed by atoms with Crippen molar-refractivity contribution in [2.24, 2.45) is 5.16 Å². The summed E-state index contributed by atoms with van der Waals surface area (Å²) in [6.07, 6.45) is 2.13. The van der Waals surface area contributed by atoms with Crippen molar-refractivity contribution in [3.8, 4) is 0 Å². The lowest BCUT2D eigenvalue weighted by Gasteiger charge is -1.98. The van der Waals surface area contributed by atoms with Gasteiger partial charge in [0.15, 0.2) is 0 Å². The molecule has 0 radical (unpaired) electrons. The molecule has 0 rings (SSSR count). The summed E-state index contributed by atoms with van der Waals surface area (Å²) in [5, 5.41) is 3.63. The monoisotopic (exact) mass is 133 g/mol. The molecule has 0 N–H and O–H groups in total. The number of thioether (sulfide) groups is 1. The molecule has 0 saturated carbocycles. The first-order chi connectivity index (χ1) is 3.77. The first kappa shape index (κ1) is 7.82. The van der Waals surface area contributed by atoms with Gasteiger partial charge in [-0.1, -0.05) is 5.16 Å². The van der Waals surface area contributed by atoms with Crippen molar-refractivity contribution in [2.75, 3.05) is 6.26 Å². The van der Waals surface area contributed by atoms with Gasteiger partial charge in [-0.3, -0.25) is 0 Å². The number of hydrogen-bond donors (Lipinski definition) is 0. The van der Waals surface area contributed by atoms with Crippen LogP contribution < -0.4 is 0 Å². The highest BCUT2D eigenvalue weighted by atomic mass is 32.2. The minimum atomic E-state index is 0.193. The van der Waals surface area contributed by atoms with Gasteiger partial charge in [-0.15, -0.1) is 11.8 Å². The van der Waals surface area contributed by atoms with Crippen molar-refractivity contribution in [1.29, 1.82) is 0 Å². The van der Waals surface area contributed by atoms with Crippen LogP contribution in [0.3, 0.4) is 0 Å². The van der Waals surface area contributed by atoms with Crippen molar-refractivity contribution in [1.82, 2.24) is 0 Å². The van der Waals surface area contributed by atoms with Crippen LogP contribution in [0.25, 0.3) is 0 Å². The van der Waals surface area contributed by atoms with Crippen LogP contribution in [0.1, 0.15) is 13.8 Å². The molecule has 48 valence electrons. The third-order valence-electron chi connectivity index (χ3n) is 0.420. The molecule has 0 aromatic carbocycles. The standard InChI is InChI=1S/C5H11NOS/c1-5(2)7-6-4-8-3/h4-5H,1-3H3/b6-4+. The van der Waals surface area contributed by atoms with Crippen LogP contribution in [0.15, 0.2) is 5.16 Å². The van der Waals surface area contributed by atoms with E-state index in [9.17, 15) is 0 Å². The maximum absolute atomic E-state index is 4.83. The molecular formula is C5H11NOS. The van der Waals surface area contributed by atoms with E-state index in [1.54, 1.807) is 5.55 Å². The van der Waals surface area contributed by atoms with E-state index in [1.807, 2.05) is 20.1 Å². The third-order valence-corrected chi connectivity index (χ3v) is 0.717. The Balaban J connectivity index is 3.03. The summed E-state index contributed by atoms with van der Waals surface area (Å²) in [5.74, 6) is 0. The first-order valence-electron chi connectivity index (χ1n) is 2.48. The van der Waals surface area contributed by atoms with Crippen molar-refractivity contribution < 1.29 is 4.84 Å². The number of oxime groups is 1. The number of nitrogens with zero attached hydrogens (tertiary/aromatic N) is 1. The van der Waals surface area contributed by atoms with Gasteiger partial charge in [0.05, 0.1) is 5.55 Å². The van der Waals surface area contributed by atoms with E-state index in [-0.39, 0.29) is 6.10 Å². The molecular weight excluding hydrogens is 122 g/mol. The second kappa shape index (κ2) is 4.97. The molecule has 0 bridgehead atoms. The van der Waals surface area contributed by atoms with E-state index in [0.29, 0.717) is 0 Å². The molecule has 0 heterocycles. The zero-order valence-electron chi connectivity index (χ0n) is 5.42. The summed E-state index contributed by atoms with van der Waals surface area (Å²) < 4.78 is 0. The fraction of sp³-hybridized carbons (Fsp3) is 0.800. The molecule has 0 aromatic rings. The molecule has 0 spiro atoms. The van der Waals surface area contributed by atoms with E-state index in [2.05, 4.69) is 5.16 Å². The molecule has 0 unspecified atom stereocenters. The quantitative estimate of drug-likeness (QED) is 0.332. The topological polar surface area (TPSA) is 21.6 Å². The van der Waals surface area contributed by atoms with Gasteiger partial charge in [-0.2, -0.15) is 0 Å². The van der Waals surface area contributed by atoms with Gasteiger partial charge >= 0.3 is 0 Å². The Labute approximate surface area is 54.3 Å². The number of hydrogen-bond acceptors (Lipinski definition) is 3. The molecule has 8 heavy (non-hydrogen) atoms. The van der Waals surface area contributed by atoms with E-state index in [4.69, 9.17) is 4.84 Å². The molecule has 0 aliphatic rings. The van der Waals surface area contributed by atoms with Crippen LogP contribution in [0, 0.1) is 0 Å². The van der Waals surface area contributed by atoms with Gasteiger partial charge in [0.1, 0.15) is 6.10 Å². The maximum Gasteiger partial charge on any atom is 0.122 e. The first-order valence-corrected chi connectivity index (χ1v) is 3.76. The molecule has 0 fully saturated rings. The summed E-state index contributed by atoms with van der Waals surface area (Å²) in [6, 6.07) is 0. The molecule has 3 heteroatoms. The van der Waals surface area contributed by atoms with Gasteiger partial charge < -0.3 is 4.84 Å². The molecule has 0 aliphatic heterocycles. The fourth-order valence-electron chi connectivity index (χ4n) is 0.190. The predicted octanol–water partition coefficient (Wildman–Crippen LogP) is 1.72. The average molecular weight is 133 g/mol. The lowest BCUT2D eigenvalue weighted by Crippen LogP contribution is -1.94. The van der Waals surface area contributed by atoms with Crippen LogP contribution >= 0.6 is 11.8 Å². The molecule has 0 amide bonds. The molecule has 0 atom stereocenters. The highest BCUT2D eigenvalue weighted by Crippen LogP contribution is 1.89. The van der Waals surface area contributed by atoms with Gasteiger partial charge in [-0.25, -0.2) is 0 Å². The lowest BCUT2D eigenvalue weighted by molar-refractivity contribution is 0.0879. The maximum atomic E-state index is 4.83. The van der Waals surface area contributed by atoms with Crippen molar-refractivity contribution in [3.63, 3.8) is 0 Å². The molecule has 0 aliphatic carbocycles. The lowest BCUT2D eigenvalue weighted by atomic mass is 10.5. The molecule has 2 nitrogen and oxygen atoms in total. The van der Waals surface area contributed by atoms with E-state index < -0.39 is 0 Å².